The van der Waals surface area contributed by atoms with Gasteiger partial charge in [-0.25, -0.2) is 9.48 Å². The van der Waals surface area contributed by atoms with Gasteiger partial charge in [-0.1, -0.05) is 46.6 Å². The lowest BCUT2D eigenvalue weighted by Crippen LogP contribution is -2.27. The van der Waals surface area contributed by atoms with E-state index < -0.39 is 6.03 Å². The number of nitrogens with one attached hydrogen (secondary N) is 2. The molecule has 1 heterocycles. The Morgan fingerprint density at radius 1 is 1.41 bits per heavy atom. The van der Waals surface area contributed by atoms with Crippen molar-refractivity contribution in [2.24, 2.45) is 7.05 Å². The first-order valence-corrected chi connectivity index (χ1v) is 6.53. The van der Waals surface area contributed by atoms with E-state index in [1.807, 2.05) is 6.26 Å². The molecular formula is C7H8Cl3N5OS. The molecule has 0 fully saturated rings. The van der Waals surface area contributed by atoms with Crippen molar-refractivity contribution in [1.82, 2.24) is 20.1 Å². The van der Waals surface area contributed by atoms with Crippen LogP contribution in [0, 0.1) is 0 Å². The molecule has 0 bridgehead atoms. The molecule has 0 unspecified atom stereocenters. The summed E-state index contributed by atoms with van der Waals surface area (Å²) >= 11 is 17.7. The number of rotatable bonds is 3. The molecule has 0 aliphatic carbocycles. The summed E-state index contributed by atoms with van der Waals surface area (Å²) in [4.78, 5) is 15.4. The van der Waals surface area contributed by atoms with Crippen molar-refractivity contribution < 1.29 is 4.79 Å². The number of anilines is 1. The second kappa shape index (κ2) is 6.34. The van der Waals surface area contributed by atoms with Crippen molar-refractivity contribution in [3.8, 4) is 0 Å². The summed E-state index contributed by atoms with van der Waals surface area (Å²) in [7, 11) is 1.71. The van der Waals surface area contributed by atoms with Gasteiger partial charge in [0.25, 0.3) is 5.95 Å². The van der Waals surface area contributed by atoms with Gasteiger partial charge >= 0.3 is 6.03 Å². The third kappa shape index (κ3) is 4.27. The maximum absolute atomic E-state index is 11.4. The van der Waals surface area contributed by atoms with Crippen LogP contribution >= 0.6 is 46.6 Å². The minimum Gasteiger partial charge on any atom is -0.296 e. The summed E-state index contributed by atoms with van der Waals surface area (Å²) in [6.07, 6.45) is 1.85. The quantitative estimate of drug-likeness (QED) is 0.664. The molecule has 0 atom stereocenters. The number of hydrogen-bond donors (Lipinski definition) is 2. The molecular weight excluding hydrogens is 309 g/mol. The maximum atomic E-state index is 11.4. The van der Waals surface area contributed by atoms with Crippen LogP contribution in [0.15, 0.2) is 14.8 Å². The summed E-state index contributed by atoms with van der Waals surface area (Å²) < 4.78 is 1.30. The first-order valence-electron chi connectivity index (χ1n) is 4.18. The van der Waals surface area contributed by atoms with E-state index in [0.29, 0.717) is 5.16 Å². The van der Waals surface area contributed by atoms with Gasteiger partial charge < -0.3 is 0 Å². The zero-order valence-electron chi connectivity index (χ0n) is 8.79. The average molecular weight is 317 g/mol. The van der Waals surface area contributed by atoms with Gasteiger partial charge in [0.2, 0.25) is 0 Å². The van der Waals surface area contributed by atoms with Crippen molar-refractivity contribution in [2.45, 2.75) is 5.16 Å². The van der Waals surface area contributed by atoms with Crippen LogP contribution in [0.3, 0.4) is 0 Å². The van der Waals surface area contributed by atoms with Crippen LogP contribution in [0.5, 0.6) is 0 Å². The van der Waals surface area contributed by atoms with Crippen molar-refractivity contribution in [2.75, 3.05) is 11.6 Å². The van der Waals surface area contributed by atoms with E-state index in [1.54, 1.807) is 7.05 Å². The van der Waals surface area contributed by atoms with Crippen LogP contribution in [0.2, 0.25) is 0 Å². The molecule has 94 valence electrons. The highest BCUT2D eigenvalue weighted by molar-refractivity contribution is 7.98. The number of carbonyl (C=O) groups is 1. The predicted molar refractivity (Wildman–Crippen MR) is 69.5 cm³/mol. The molecule has 0 spiro atoms. The monoisotopic (exact) mass is 315 g/mol. The van der Waals surface area contributed by atoms with Gasteiger partial charge in [0, 0.05) is 7.05 Å². The maximum Gasteiger partial charge on any atom is 0.326 e. The highest BCUT2D eigenvalue weighted by Crippen LogP contribution is 2.15. The van der Waals surface area contributed by atoms with Crippen LogP contribution in [0.25, 0.3) is 0 Å². The summed E-state index contributed by atoms with van der Waals surface area (Å²) in [5, 5.41) is 9.04. The van der Waals surface area contributed by atoms with E-state index in [4.69, 9.17) is 34.8 Å². The van der Waals surface area contributed by atoms with E-state index in [-0.39, 0.29) is 15.6 Å². The van der Waals surface area contributed by atoms with Gasteiger partial charge in [0.1, 0.15) is 9.65 Å². The van der Waals surface area contributed by atoms with Gasteiger partial charge in [0.15, 0.2) is 5.16 Å². The molecule has 2 amide bonds. The molecule has 17 heavy (non-hydrogen) atoms. The molecule has 0 radical (unpaired) electrons. The molecule has 10 heteroatoms. The van der Waals surface area contributed by atoms with E-state index in [9.17, 15) is 4.79 Å². The lowest BCUT2D eigenvalue weighted by atomic mass is 10.8. The Hall–Kier alpha value is -0.630. The Kier molecular flexibility index (Phi) is 5.38. The fourth-order valence-electron chi connectivity index (χ4n) is 0.881. The highest BCUT2D eigenvalue weighted by atomic mass is 35.5. The van der Waals surface area contributed by atoms with E-state index in [2.05, 4.69) is 20.7 Å². The van der Waals surface area contributed by atoms with Gasteiger partial charge in [-0.15, -0.1) is 5.10 Å². The minimum atomic E-state index is -0.632. The van der Waals surface area contributed by atoms with Crippen LogP contribution in [-0.2, 0) is 7.05 Å². The second-order valence-corrected chi connectivity index (χ2v) is 4.80. The van der Waals surface area contributed by atoms with Crippen molar-refractivity contribution in [3.05, 3.63) is 9.65 Å². The first-order chi connectivity index (χ1) is 7.93. The molecule has 0 saturated heterocycles. The lowest BCUT2D eigenvalue weighted by Gasteiger charge is -2.02. The number of aryl methyl sites for hydroxylation is 1. The predicted octanol–water partition coefficient (Wildman–Crippen LogP) is 2.50. The molecule has 1 rings (SSSR count). The Labute approximate surface area is 117 Å². The standard InChI is InChI=1S/C7H8Cl3N5OS/c1-15-7(17-2)13-5(14-15)12-6(16)11-4(10)3(8)9/h1-2H3,(H2,11,12,14,16). The molecule has 0 aliphatic heterocycles. The topological polar surface area (TPSA) is 71.8 Å². The molecule has 0 aliphatic rings. The molecule has 1 aromatic rings. The van der Waals surface area contributed by atoms with Crippen molar-refractivity contribution >= 4 is 58.5 Å². The Balaban J connectivity index is 2.65. The number of nitrogens with zero attached hydrogens (tertiary/aromatic N) is 3. The van der Waals surface area contributed by atoms with Crippen LogP contribution < -0.4 is 10.6 Å². The molecule has 0 aromatic carbocycles. The molecule has 1 aromatic heterocycles. The zero-order valence-corrected chi connectivity index (χ0v) is 11.9. The molecule has 6 nitrogen and oxygen atoms in total. The molecule has 0 saturated carbocycles. The largest absolute Gasteiger partial charge is 0.326 e. The van der Waals surface area contributed by atoms with Gasteiger partial charge in [0.05, 0.1) is 0 Å². The van der Waals surface area contributed by atoms with Crippen LogP contribution in [-0.4, -0.2) is 27.1 Å². The number of aromatic nitrogens is 3. The van der Waals surface area contributed by atoms with E-state index in [1.165, 1.54) is 16.4 Å². The number of amides is 2. The van der Waals surface area contributed by atoms with Crippen LogP contribution in [0.4, 0.5) is 10.7 Å². The number of hydrogen-bond acceptors (Lipinski definition) is 4. The van der Waals surface area contributed by atoms with Crippen molar-refractivity contribution in [1.29, 1.82) is 0 Å². The Morgan fingerprint density at radius 2 is 2.06 bits per heavy atom. The lowest BCUT2D eigenvalue weighted by molar-refractivity contribution is 0.254. The summed E-state index contributed by atoms with van der Waals surface area (Å²) in [5.41, 5.74) is 0. The fourth-order valence-corrected chi connectivity index (χ4v) is 1.54. The summed E-state index contributed by atoms with van der Waals surface area (Å²) in [5.74, 6) is 0.157. The van der Waals surface area contributed by atoms with Crippen molar-refractivity contribution in [3.63, 3.8) is 0 Å². The van der Waals surface area contributed by atoms with Gasteiger partial charge in [-0.05, 0) is 6.26 Å². The second-order valence-electron chi connectivity index (χ2n) is 2.70. The van der Waals surface area contributed by atoms with E-state index in [0.717, 1.165) is 0 Å². The highest BCUT2D eigenvalue weighted by Gasteiger charge is 2.10. The average Bonchev–Trinajstić information content (AvgIpc) is 2.58. The van der Waals surface area contributed by atoms with E-state index >= 15 is 0 Å². The first kappa shape index (κ1) is 14.4. The van der Waals surface area contributed by atoms with Gasteiger partial charge in [-0.2, -0.15) is 4.98 Å². The number of urea groups is 1. The van der Waals surface area contributed by atoms with Gasteiger partial charge in [-0.3, -0.25) is 10.6 Å². The number of carbonyl (C=O) groups excluding carboxylic acids is 1. The minimum absolute atomic E-state index is 0.157. The third-order valence-corrected chi connectivity index (χ3v) is 3.10. The summed E-state index contributed by atoms with van der Waals surface area (Å²) in [6, 6.07) is -0.632. The normalized spacial score (nSPS) is 9.94. The Morgan fingerprint density at radius 3 is 2.53 bits per heavy atom. The number of thioether (sulfide) groups is 1. The fraction of sp³-hybridized carbons (Fsp3) is 0.286. The third-order valence-electron chi connectivity index (χ3n) is 1.52. The smallest absolute Gasteiger partial charge is 0.296 e. The van der Waals surface area contributed by atoms with Crippen LogP contribution in [0.1, 0.15) is 0 Å². The SMILES string of the molecule is CSc1nc(NC(=O)NC(Cl)=C(Cl)Cl)nn1C. The molecule has 2 N–H and O–H groups in total. The summed E-state index contributed by atoms with van der Waals surface area (Å²) in [6.45, 7) is 0. The Bertz CT molecular complexity index is 456. The zero-order chi connectivity index (χ0) is 13.0. The number of halogens is 3.